The fourth-order valence-corrected chi connectivity index (χ4v) is 9.89. The van der Waals surface area contributed by atoms with Crippen LogP contribution >= 0.6 is 0 Å². The summed E-state index contributed by atoms with van der Waals surface area (Å²) in [5, 5.41) is 10.2. The summed E-state index contributed by atoms with van der Waals surface area (Å²) in [6, 6.07) is 56.0. The molecule has 0 atom stereocenters. The van der Waals surface area contributed by atoms with E-state index < -0.39 is 0 Å². The van der Waals surface area contributed by atoms with Crippen molar-refractivity contribution in [3.8, 4) is 22.3 Å². The van der Waals surface area contributed by atoms with Crippen molar-refractivity contribution >= 4 is 67.3 Å². The predicted molar refractivity (Wildman–Crippen MR) is 238 cm³/mol. The van der Waals surface area contributed by atoms with Gasteiger partial charge in [0.05, 0.1) is 0 Å². The Balaban J connectivity index is 1.18. The van der Waals surface area contributed by atoms with E-state index in [9.17, 15) is 0 Å². The summed E-state index contributed by atoms with van der Waals surface area (Å²) >= 11 is 0. The highest BCUT2D eigenvalue weighted by Gasteiger charge is 2.30. The van der Waals surface area contributed by atoms with Gasteiger partial charge in [0.15, 0.2) is 0 Å². The lowest BCUT2D eigenvalue weighted by Gasteiger charge is -2.30. The molecular weight excluding hydrogens is 677 g/mol. The number of hydrogen-bond donors (Lipinski definition) is 0. The second kappa shape index (κ2) is 12.8. The maximum Gasteiger partial charge on any atom is 0.142 e. The molecule has 11 rings (SSSR count). The second-order valence-electron chi connectivity index (χ2n) is 16.4. The summed E-state index contributed by atoms with van der Waals surface area (Å²) in [6.45, 7) is 4.87. The summed E-state index contributed by atoms with van der Waals surface area (Å²) in [7, 11) is 0. The van der Waals surface area contributed by atoms with Crippen LogP contribution in [0, 0.1) is 0 Å². The Hall–Kier alpha value is -6.44. The van der Waals surface area contributed by atoms with Crippen LogP contribution in [-0.4, -0.2) is 0 Å². The summed E-state index contributed by atoms with van der Waals surface area (Å²) in [6.07, 6.45) is 11.4. The summed E-state index contributed by atoms with van der Waals surface area (Å²) in [4.78, 5) is 0. The molecule has 2 aliphatic rings. The summed E-state index contributed by atoms with van der Waals surface area (Å²) < 4.78 is 6.80. The van der Waals surface area contributed by atoms with E-state index in [1.54, 1.807) is 0 Å². The number of rotatable bonds is 3. The fraction of sp³-hybridized carbons (Fsp3) is 0.127. The molecular formula is C55H42O. The molecule has 0 radical (unpaired) electrons. The molecule has 0 saturated heterocycles. The molecule has 1 heterocycles. The first-order chi connectivity index (χ1) is 27.5. The van der Waals surface area contributed by atoms with Gasteiger partial charge in [-0.15, -0.1) is 0 Å². The molecule has 9 aromatic rings. The molecule has 0 fully saturated rings. The molecule has 0 amide bonds. The molecule has 0 aliphatic heterocycles. The van der Waals surface area contributed by atoms with Crippen LogP contribution in [0.4, 0.5) is 0 Å². The van der Waals surface area contributed by atoms with Crippen molar-refractivity contribution in [3.63, 3.8) is 0 Å². The molecule has 0 unspecified atom stereocenters. The minimum absolute atomic E-state index is 0.112. The van der Waals surface area contributed by atoms with Crippen LogP contribution in [0.3, 0.4) is 0 Å². The second-order valence-corrected chi connectivity index (χ2v) is 16.4. The molecule has 0 spiro atoms. The van der Waals surface area contributed by atoms with Crippen molar-refractivity contribution in [2.75, 3.05) is 0 Å². The number of fused-ring (bicyclic) bond motifs is 9. The molecule has 268 valence electrons. The normalized spacial score (nSPS) is 14.9. The molecule has 56 heavy (non-hydrogen) atoms. The Labute approximate surface area is 327 Å². The van der Waals surface area contributed by atoms with E-state index in [0.717, 1.165) is 36.8 Å². The van der Waals surface area contributed by atoms with E-state index in [-0.39, 0.29) is 5.41 Å². The first-order valence-corrected chi connectivity index (χ1v) is 20.1. The molecule has 0 N–H and O–H groups in total. The van der Waals surface area contributed by atoms with Gasteiger partial charge in [0.25, 0.3) is 0 Å². The van der Waals surface area contributed by atoms with Crippen LogP contribution in [0.25, 0.3) is 89.5 Å². The highest BCUT2D eigenvalue weighted by Crippen LogP contribution is 2.44. The Bertz CT molecular complexity index is 3210. The van der Waals surface area contributed by atoms with Gasteiger partial charge in [0.1, 0.15) is 11.2 Å². The number of furan rings is 1. The monoisotopic (exact) mass is 718 g/mol. The van der Waals surface area contributed by atoms with Gasteiger partial charge in [0.2, 0.25) is 0 Å². The van der Waals surface area contributed by atoms with Gasteiger partial charge in [-0.1, -0.05) is 159 Å². The Morgan fingerprint density at radius 2 is 1.14 bits per heavy atom. The Morgan fingerprint density at radius 3 is 1.95 bits per heavy atom. The average Bonchev–Trinajstić information content (AvgIpc) is 3.63. The van der Waals surface area contributed by atoms with E-state index in [4.69, 9.17) is 4.42 Å². The van der Waals surface area contributed by atoms with E-state index in [0.29, 0.717) is 0 Å². The minimum atomic E-state index is -0.112. The van der Waals surface area contributed by atoms with Crippen LogP contribution in [0.15, 0.2) is 156 Å². The summed E-state index contributed by atoms with van der Waals surface area (Å²) in [5.74, 6) is 0. The third-order valence-electron chi connectivity index (χ3n) is 12.5. The quantitative estimate of drug-likeness (QED) is 0.177. The van der Waals surface area contributed by atoms with Gasteiger partial charge >= 0.3 is 0 Å². The van der Waals surface area contributed by atoms with Crippen LogP contribution in [0.5, 0.6) is 0 Å². The van der Waals surface area contributed by atoms with Crippen LogP contribution in [0.2, 0.25) is 0 Å². The van der Waals surface area contributed by atoms with Gasteiger partial charge in [-0.25, -0.2) is 0 Å². The first-order valence-electron chi connectivity index (χ1n) is 20.1. The van der Waals surface area contributed by atoms with E-state index in [2.05, 4.69) is 184 Å². The zero-order chi connectivity index (χ0) is 37.4. The average molecular weight is 719 g/mol. The van der Waals surface area contributed by atoms with Gasteiger partial charge in [-0.2, -0.15) is 0 Å². The van der Waals surface area contributed by atoms with Crippen molar-refractivity contribution in [2.45, 2.75) is 44.9 Å². The standard InChI is InChI=1S/C55H42O/c1-55(2)34-42(33-49-39(32-40-16-6-12-22-50(40)55)28-29-48-43-17-11-13-23-51(43)56-54(48)49)53-46-20-9-7-18-44(46)52(45-19-8-10-21-47(45)53)41-27-26-37-30-36(24-25-38(37)31-41)35-14-4-3-5-15-35/h3-7,9,11-31,33H,8,10,32,34H2,1-2H3. The third-order valence-corrected chi connectivity index (χ3v) is 12.5. The smallest absolute Gasteiger partial charge is 0.142 e. The SMILES string of the molecule is CC1(C)CC(c2c3c(c(-c4ccc5cc(-c6ccccc6)ccc5c4)c4ccccc24)=CCCC=3)=Cc2c(ccc3c2oc2ccccc23)Cc2ccccc21. The molecule has 1 heteroatoms. The number of hydrogen-bond acceptors (Lipinski definition) is 1. The highest BCUT2D eigenvalue weighted by atomic mass is 16.3. The van der Waals surface area contributed by atoms with Crippen molar-refractivity contribution in [1.82, 2.24) is 0 Å². The van der Waals surface area contributed by atoms with Gasteiger partial charge < -0.3 is 4.42 Å². The molecule has 0 saturated carbocycles. The number of para-hydroxylation sites is 1. The molecule has 1 aromatic heterocycles. The van der Waals surface area contributed by atoms with Crippen LogP contribution in [-0.2, 0) is 11.8 Å². The van der Waals surface area contributed by atoms with E-state index in [1.807, 2.05) is 0 Å². The van der Waals surface area contributed by atoms with E-state index in [1.165, 1.54) is 98.4 Å². The topological polar surface area (TPSA) is 13.1 Å². The van der Waals surface area contributed by atoms with Crippen molar-refractivity contribution in [2.24, 2.45) is 0 Å². The lowest BCUT2D eigenvalue weighted by molar-refractivity contribution is 0.538. The lowest BCUT2D eigenvalue weighted by Crippen LogP contribution is -2.33. The van der Waals surface area contributed by atoms with E-state index >= 15 is 0 Å². The minimum Gasteiger partial charge on any atom is -0.455 e. The largest absolute Gasteiger partial charge is 0.455 e. The maximum absolute atomic E-state index is 6.80. The van der Waals surface area contributed by atoms with Gasteiger partial charge in [-0.3, -0.25) is 0 Å². The van der Waals surface area contributed by atoms with Crippen LogP contribution in [0.1, 0.15) is 60.9 Å². The maximum atomic E-state index is 6.80. The van der Waals surface area contributed by atoms with Crippen molar-refractivity contribution < 1.29 is 4.42 Å². The predicted octanol–water partition coefficient (Wildman–Crippen LogP) is 13.4. The summed E-state index contributed by atoms with van der Waals surface area (Å²) in [5.41, 5.74) is 14.9. The van der Waals surface area contributed by atoms with Crippen molar-refractivity contribution in [3.05, 3.63) is 190 Å². The Morgan fingerprint density at radius 1 is 0.500 bits per heavy atom. The zero-order valence-corrected chi connectivity index (χ0v) is 31.9. The number of allylic oxidation sites excluding steroid dienone is 1. The van der Waals surface area contributed by atoms with Gasteiger partial charge in [-0.05, 0) is 137 Å². The Kier molecular flexibility index (Phi) is 7.54. The molecule has 1 nitrogen and oxygen atoms in total. The number of benzene rings is 8. The van der Waals surface area contributed by atoms with Gasteiger partial charge in [0, 0.05) is 16.3 Å². The molecule has 2 aliphatic carbocycles. The first kappa shape index (κ1) is 32.9. The lowest BCUT2D eigenvalue weighted by atomic mass is 9.74. The molecule has 8 aromatic carbocycles. The highest BCUT2D eigenvalue weighted by molar-refractivity contribution is 6.11. The molecule has 0 bridgehead atoms. The third kappa shape index (κ3) is 5.29. The zero-order valence-electron chi connectivity index (χ0n) is 31.9. The fourth-order valence-electron chi connectivity index (χ4n) is 9.89. The van der Waals surface area contributed by atoms with Crippen LogP contribution < -0.4 is 10.4 Å². The van der Waals surface area contributed by atoms with Crippen molar-refractivity contribution in [1.29, 1.82) is 0 Å².